The second kappa shape index (κ2) is 10.5. The zero-order valence-electron chi connectivity index (χ0n) is 19.8. The van der Waals surface area contributed by atoms with Crippen LogP contribution >= 0.6 is 0 Å². The number of hydrogen-bond acceptors (Lipinski definition) is 4. The molecular formula is C27H35N3O3. The highest BCUT2D eigenvalue weighted by Gasteiger charge is 2.34. The first-order valence-electron chi connectivity index (χ1n) is 12.0. The van der Waals surface area contributed by atoms with E-state index in [1.54, 1.807) is 7.11 Å². The molecule has 176 valence electrons. The fourth-order valence-electron chi connectivity index (χ4n) is 4.26. The number of amides is 2. The summed E-state index contributed by atoms with van der Waals surface area (Å²) in [6.07, 6.45) is 1.90. The number of para-hydroxylation sites is 1. The van der Waals surface area contributed by atoms with Crippen molar-refractivity contribution < 1.29 is 14.3 Å². The van der Waals surface area contributed by atoms with Gasteiger partial charge in [-0.1, -0.05) is 56.3 Å². The minimum absolute atomic E-state index is 0.0264. The highest BCUT2D eigenvalue weighted by Crippen LogP contribution is 2.34. The van der Waals surface area contributed by atoms with E-state index in [1.165, 1.54) is 5.56 Å². The smallest absolute Gasteiger partial charge is 0.230 e. The Morgan fingerprint density at radius 1 is 0.970 bits per heavy atom. The highest BCUT2D eigenvalue weighted by molar-refractivity contribution is 5.94. The van der Waals surface area contributed by atoms with Gasteiger partial charge >= 0.3 is 0 Å². The van der Waals surface area contributed by atoms with Crippen LogP contribution in [0.2, 0.25) is 0 Å². The molecule has 1 saturated carbocycles. The molecule has 0 radical (unpaired) electrons. The molecule has 1 unspecified atom stereocenters. The summed E-state index contributed by atoms with van der Waals surface area (Å²) in [5, 5.41) is 6.39. The van der Waals surface area contributed by atoms with E-state index < -0.39 is 0 Å². The number of nitrogens with zero attached hydrogens (tertiary/aromatic N) is 1. The van der Waals surface area contributed by atoms with Crippen molar-refractivity contribution in [3.8, 4) is 0 Å². The van der Waals surface area contributed by atoms with Gasteiger partial charge in [-0.2, -0.15) is 0 Å². The van der Waals surface area contributed by atoms with Gasteiger partial charge in [0.15, 0.2) is 0 Å². The summed E-state index contributed by atoms with van der Waals surface area (Å²) in [5.41, 5.74) is 3.94. The van der Waals surface area contributed by atoms with Gasteiger partial charge in [-0.3, -0.25) is 14.5 Å². The van der Waals surface area contributed by atoms with Crippen LogP contribution in [-0.2, 0) is 14.3 Å². The maximum absolute atomic E-state index is 12.9. The molecule has 6 nitrogen and oxygen atoms in total. The van der Waals surface area contributed by atoms with Gasteiger partial charge in [0.2, 0.25) is 11.8 Å². The first-order chi connectivity index (χ1) is 16.0. The van der Waals surface area contributed by atoms with Gasteiger partial charge in [-0.15, -0.1) is 0 Å². The molecule has 2 fully saturated rings. The van der Waals surface area contributed by atoms with Gasteiger partial charge in [-0.05, 0) is 36.0 Å². The lowest BCUT2D eigenvalue weighted by molar-refractivity contribution is -0.125. The van der Waals surface area contributed by atoms with Crippen LogP contribution in [0.15, 0.2) is 48.5 Å². The molecule has 2 N–H and O–H groups in total. The minimum Gasteiger partial charge on any atom is -0.383 e. The van der Waals surface area contributed by atoms with E-state index in [2.05, 4.69) is 53.6 Å². The number of carbonyl (C=O) groups is 2. The fourth-order valence-corrected chi connectivity index (χ4v) is 4.26. The molecule has 33 heavy (non-hydrogen) atoms. The van der Waals surface area contributed by atoms with Crippen molar-refractivity contribution >= 4 is 17.5 Å². The summed E-state index contributed by atoms with van der Waals surface area (Å²) in [5.74, 6) is 0.633. The molecule has 2 aliphatic rings. The topological polar surface area (TPSA) is 70.7 Å². The molecule has 2 aromatic rings. The van der Waals surface area contributed by atoms with Gasteiger partial charge < -0.3 is 15.4 Å². The van der Waals surface area contributed by atoms with E-state index in [1.807, 2.05) is 24.3 Å². The maximum atomic E-state index is 12.9. The van der Waals surface area contributed by atoms with E-state index >= 15 is 0 Å². The van der Waals surface area contributed by atoms with Crippen LogP contribution in [0.25, 0.3) is 0 Å². The minimum atomic E-state index is -0.310. The summed E-state index contributed by atoms with van der Waals surface area (Å²) in [7, 11) is 1.69. The summed E-state index contributed by atoms with van der Waals surface area (Å²) in [6, 6.07) is 15.9. The lowest BCUT2D eigenvalue weighted by Gasteiger charge is -2.38. The van der Waals surface area contributed by atoms with Gasteiger partial charge in [0.05, 0.1) is 18.6 Å². The average Bonchev–Trinajstić information content (AvgIpc) is 3.63. The molecule has 4 rings (SSSR count). The first-order valence-corrected chi connectivity index (χ1v) is 12.0. The fraction of sp³-hybridized carbons (Fsp3) is 0.481. The Morgan fingerprint density at radius 3 is 2.27 bits per heavy atom. The third kappa shape index (κ3) is 5.81. The molecule has 1 aliphatic carbocycles. The van der Waals surface area contributed by atoms with E-state index in [-0.39, 0.29) is 29.7 Å². The summed E-state index contributed by atoms with van der Waals surface area (Å²) < 4.78 is 5.12. The largest absolute Gasteiger partial charge is 0.383 e. The Labute approximate surface area is 196 Å². The highest BCUT2D eigenvalue weighted by atomic mass is 16.5. The van der Waals surface area contributed by atoms with Crippen LogP contribution in [0, 0.1) is 11.8 Å². The van der Waals surface area contributed by atoms with Crippen molar-refractivity contribution in [3.05, 3.63) is 65.2 Å². The molecule has 0 aromatic heterocycles. The number of likely N-dealkylation sites (tertiary alicyclic amines) is 1. The van der Waals surface area contributed by atoms with Crippen LogP contribution < -0.4 is 10.6 Å². The summed E-state index contributed by atoms with van der Waals surface area (Å²) in [4.78, 5) is 27.9. The summed E-state index contributed by atoms with van der Waals surface area (Å²) >= 11 is 0. The summed E-state index contributed by atoms with van der Waals surface area (Å²) in [6.45, 7) is 7.35. The monoisotopic (exact) mass is 449 g/mol. The van der Waals surface area contributed by atoms with Crippen molar-refractivity contribution in [1.82, 2.24) is 10.2 Å². The average molecular weight is 450 g/mol. The normalized spacial score (nSPS) is 17.5. The zero-order valence-corrected chi connectivity index (χ0v) is 19.8. The number of ether oxygens (including phenoxy) is 1. The predicted molar refractivity (Wildman–Crippen MR) is 130 cm³/mol. The molecule has 1 heterocycles. The number of hydrogen-bond donors (Lipinski definition) is 2. The van der Waals surface area contributed by atoms with Gasteiger partial charge in [0.25, 0.3) is 0 Å². The van der Waals surface area contributed by atoms with Gasteiger partial charge in [0.1, 0.15) is 0 Å². The predicted octanol–water partition coefficient (Wildman–Crippen LogP) is 3.94. The molecular weight excluding hydrogens is 414 g/mol. The van der Waals surface area contributed by atoms with Crippen molar-refractivity contribution in [1.29, 1.82) is 0 Å². The molecule has 6 heteroatoms. The van der Waals surface area contributed by atoms with Crippen LogP contribution in [0.4, 0.5) is 5.69 Å². The Bertz CT molecular complexity index is 963. The van der Waals surface area contributed by atoms with Gasteiger partial charge in [-0.25, -0.2) is 0 Å². The second-order valence-corrected chi connectivity index (χ2v) is 9.56. The van der Waals surface area contributed by atoms with Crippen LogP contribution in [0.3, 0.4) is 0 Å². The number of carbonyl (C=O) groups excluding carboxylic acids is 2. The third-order valence-electron chi connectivity index (χ3n) is 6.64. The van der Waals surface area contributed by atoms with E-state index in [0.29, 0.717) is 12.5 Å². The first kappa shape index (κ1) is 23.5. The quantitative estimate of drug-likeness (QED) is 0.576. The Morgan fingerprint density at radius 2 is 1.64 bits per heavy atom. The Hall–Kier alpha value is -2.70. The molecule has 0 spiro atoms. The molecule has 1 saturated heterocycles. The third-order valence-corrected chi connectivity index (χ3v) is 6.64. The maximum Gasteiger partial charge on any atom is 0.230 e. The SMILES string of the molecule is COCCN1CC(C(=O)Nc2ccccc2C(NC(=O)C2CC2)c2ccc(C(C)C)cc2)C1. The molecule has 1 atom stereocenters. The number of rotatable bonds is 10. The molecule has 2 aromatic carbocycles. The van der Waals surface area contributed by atoms with E-state index in [0.717, 1.165) is 49.3 Å². The van der Waals surface area contributed by atoms with Crippen LogP contribution in [0.1, 0.15) is 55.3 Å². The number of anilines is 1. The van der Waals surface area contributed by atoms with Crippen molar-refractivity contribution in [2.45, 2.75) is 38.6 Å². The van der Waals surface area contributed by atoms with E-state index in [4.69, 9.17) is 4.74 Å². The molecule has 0 bridgehead atoms. The lowest BCUT2D eigenvalue weighted by Crippen LogP contribution is -2.52. The van der Waals surface area contributed by atoms with Crippen LogP contribution in [-0.4, -0.2) is 50.1 Å². The zero-order chi connectivity index (χ0) is 23.4. The Balaban J connectivity index is 1.53. The molecule has 2 amide bonds. The van der Waals surface area contributed by atoms with Crippen molar-refractivity contribution in [2.75, 3.05) is 38.7 Å². The second-order valence-electron chi connectivity index (χ2n) is 9.56. The van der Waals surface area contributed by atoms with E-state index in [9.17, 15) is 9.59 Å². The molecule has 1 aliphatic heterocycles. The van der Waals surface area contributed by atoms with Crippen LogP contribution in [0.5, 0.6) is 0 Å². The van der Waals surface area contributed by atoms with Crippen molar-refractivity contribution in [2.24, 2.45) is 11.8 Å². The number of benzene rings is 2. The number of methoxy groups -OCH3 is 1. The van der Waals surface area contributed by atoms with Crippen molar-refractivity contribution in [3.63, 3.8) is 0 Å². The van der Waals surface area contributed by atoms with Gasteiger partial charge in [0, 0.05) is 43.9 Å². The number of nitrogens with one attached hydrogen (secondary N) is 2. The lowest BCUT2D eigenvalue weighted by atomic mass is 9.93. The Kier molecular flexibility index (Phi) is 7.46. The standard InChI is InChI=1S/C27H35N3O3/c1-18(2)19-8-10-20(11-9-19)25(29-26(31)21-12-13-21)23-6-4-5-7-24(23)28-27(32)22-16-30(17-22)14-15-33-3/h4-11,18,21-22,25H,12-17H2,1-3H3,(H,28,32)(H,29,31).